The van der Waals surface area contributed by atoms with Crippen LogP contribution in [0.3, 0.4) is 0 Å². The molecule has 0 aliphatic heterocycles. The molecule has 5 heteroatoms. The van der Waals surface area contributed by atoms with Gasteiger partial charge in [-0.3, -0.25) is 4.79 Å². The average molecular weight is 342 g/mol. The van der Waals surface area contributed by atoms with Gasteiger partial charge in [0.15, 0.2) is 6.10 Å². The van der Waals surface area contributed by atoms with Crippen molar-refractivity contribution >= 4 is 11.8 Å². The number of carbonyl (C=O) groups is 2. The first-order chi connectivity index (χ1) is 12.0. The Morgan fingerprint density at radius 3 is 2.56 bits per heavy atom. The van der Waals surface area contributed by atoms with Crippen LogP contribution >= 0.6 is 0 Å². The van der Waals surface area contributed by atoms with Crippen molar-refractivity contribution in [2.45, 2.75) is 32.3 Å². The Balaban J connectivity index is 1.72. The number of ketones is 1. The summed E-state index contributed by atoms with van der Waals surface area (Å²) in [5, 5.41) is 0. The summed E-state index contributed by atoms with van der Waals surface area (Å²) < 4.78 is 24.0. The third kappa shape index (κ3) is 3.55. The molecule has 0 fully saturated rings. The summed E-state index contributed by atoms with van der Waals surface area (Å²) in [5.41, 5.74) is 2.72. The van der Waals surface area contributed by atoms with E-state index in [0.29, 0.717) is 11.3 Å². The number of benzene rings is 2. The third-order valence-electron chi connectivity index (χ3n) is 4.43. The highest BCUT2D eigenvalue weighted by atomic mass is 19.1. The zero-order valence-electron chi connectivity index (χ0n) is 14.2. The second-order valence-corrected chi connectivity index (χ2v) is 6.09. The highest BCUT2D eigenvalue weighted by Gasteiger charge is 2.23. The largest absolute Gasteiger partial charge is 0.497 e. The van der Waals surface area contributed by atoms with Crippen molar-refractivity contribution in [3.8, 4) is 5.75 Å². The lowest BCUT2D eigenvalue weighted by atomic mass is 10.0. The van der Waals surface area contributed by atoms with Crippen molar-refractivity contribution in [1.29, 1.82) is 0 Å². The minimum atomic E-state index is -0.992. The number of methoxy groups -OCH3 is 1. The van der Waals surface area contributed by atoms with Gasteiger partial charge in [0.1, 0.15) is 11.6 Å². The molecule has 0 saturated heterocycles. The van der Waals surface area contributed by atoms with E-state index in [1.165, 1.54) is 37.3 Å². The molecule has 1 aliphatic carbocycles. The van der Waals surface area contributed by atoms with Crippen LogP contribution in [0.25, 0.3) is 0 Å². The van der Waals surface area contributed by atoms with Crippen LogP contribution < -0.4 is 4.74 Å². The monoisotopic (exact) mass is 342 g/mol. The zero-order chi connectivity index (χ0) is 18.0. The molecule has 0 spiro atoms. The van der Waals surface area contributed by atoms with Crippen LogP contribution in [0.4, 0.5) is 4.39 Å². The maximum absolute atomic E-state index is 13.9. The van der Waals surface area contributed by atoms with E-state index in [1.807, 2.05) is 12.1 Å². The van der Waals surface area contributed by atoms with Gasteiger partial charge in [-0.15, -0.1) is 0 Å². The second-order valence-electron chi connectivity index (χ2n) is 6.09. The van der Waals surface area contributed by atoms with E-state index >= 15 is 0 Å². The molecule has 0 heterocycles. The molecule has 0 saturated carbocycles. The SMILES string of the molecule is COc1ccc(C(=O)O[C@H](C)C(=O)c2ccc3c(c2)CCC3)c(F)c1. The van der Waals surface area contributed by atoms with Gasteiger partial charge in [-0.1, -0.05) is 12.1 Å². The van der Waals surface area contributed by atoms with Gasteiger partial charge in [-0.25, -0.2) is 9.18 Å². The van der Waals surface area contributed by atoms with Crippen molar-refractivity contribution in [1.82, 2.24) is 0 Å². The number of esters is 1. The van der Waals surface area contributed by atoms with E-state index in [4.69, 9.17) is 9.47 Å². The lowest BCUT2D eigenvalue weighted by molar-refractivity contribution is 0.0314. The number of fused-ring (bicyclic) bond motifs is 1. The van der Waals surface area contributed by atoms with Crippen molar-refractivity contribution in [3.05, 3.63) is 64.5 Å². The molecule has 25 heavy (non-hydrogen) atoms. The number of ether oxygens (including phenoxy) is 2. The molecule has 0 bridgehead atoms. The first-order valence-electron chi connectivity index (χ1n) is 8.20. The first-order valence-corrected chi connectivity index (χ1v) is 8.20. The molecule has 3 rings (SSSR count). The molecule has 1 atom stereocenters. The van der Waals surface area contributed by atoms with Crippen molar-refractivity contribution < 1.29 is 23.5 Å². The number of carbonyl (C=O) groups excluding carboxylic acids is 2. The summed E-state index contributed by atoms with van der Waals surface area (Å²) in [7, 11) is 1.41. The Morgan fingerprint density at radius 2 is 1.84 bits per heavy atom. The van der Waals surface area contributed by atoms with Crippen molar-refractivity contribution in [3.63, 3.8) is 0 Å². The average Bonchev–Trinajstić information content (AvgIpc) is 3.08. The summed E-state index contributed by atoms with van der Waals surface area (Å²) >= 11 is 0. The van der Waals surface area contributed by atoms with E-state index in [9.17, 15) is 14.0 Å². The summed E-state index contributed by atoms with van der Waals surface area (Å²) in [5.74, 6) is -1.61. The predicted molar refractivity (Wildman–Crippen MR) is 90.6 cm³/mol. The Kier molecular flexibility index (Phi) is 4.83. The first kappa shape index (κ1) is 17.1. The molecular formula is C20H19FO4. The van der Waals surface area contributed by atoms with Gasteiger partial charge in [0, 0.05) is 11.6 Å². The molecule has 0 unspecified atom stereocenters. The molecule has 0 aromatic heterocycles. The van der Waals surface area contributed by atoms with E-state index < -0.39 is 17.9 Å². The minimum Gasteiger partial charge on any atom is -0.497 e. The van der Waals surface area contributed by atoms with Crippen LogP contribution in [-0.2, 0) is 17.6 Å². The summed E-state index contributed by atoms with van der Waals surface area (Å²) in [6, 6.07) is 9.42. The van der Waals surface area contributed by atoms with Crippen LogP contribution in [-0.4, -0.2) is 25.0 Å². The fourth-order valence-electron chi connectivity index (χ4n) is 3.03. The number of rotatable bonds is 5. The van der Waals surface area contributed by atoms with Gasteiger partial charge in [0.05, 0.1) is 12.7 Å². The fourth-order valence-corrected chi connectivity index (χ4v) is 3.03. The smallest absolute Gasteiger partial charge is 0.341 e. The number of hydrogen-bond donors (Lipinski definition) is 0. The number of hydrogen-bond acceptors (Lipinski definition) is 4. The van der Waals surface area contributed by atoms with Gasteiger partial charge in [-0.05, 0) is 55.5 Å². The van der Waals surface area contributed by atoms with Gasteiger partial charge in [0.25, 0.3) is 0 Å². The van der Waals surface area contributed by atoms with Crippen LogP contribution in [0.5, 0.6) is 5.75 Å². The standard InChI is InChI=1S/C20H19FO4/c1-12(19(22)15-7-6-13-4-3-5-14(13)10-15)25-20(23)17-9-8-16(24-2)11-18(17)21/h6-12H,3-5H2,1-2H3/t12-/m1/s1. The molecule has 0 N–H and O–H groups in total. The van der Waals surface area contributed by atoms with Gasteiger partial charge < -0.3 is 9.47 Å². The van der Waals surface area contributed by atoms with E-state index in [-0.39, 0.29) is 11.3 Å². The second kappa shape index (κ2) is 7.05. The summed E-state index contributed by atoms with van der Waals surface area (Å²) in [6.07, 6.45) is 2.09. The fraction of sp³-hybridized carbons (Fsp3) is 0.300. The van der Waals surface area contributed by atoms with Crippen LogP contribution in [0.15, 0.2) is 36.4 Å². The topological polar surface area (TPSA) is 52.6 Å². The third-order valence-corrected chi connectivity index (χ3v) is 4.43. The molecular weight excluding hydrogens is 323 g/mol. The van der Waals surface area contributed by atoms with Crippen molar-refractivity contribution in [2.75, 3.05) is 7.11 Å². The number of aryl methyl sites for hydroxylation is 2. The molecule has 0 amide bonds. The maximum atomic E-state index is 13.9. The molecule has 1 aliphatic rings. The van der Waals surface area contributed by atoms with Crippen LogP contribution in [0.1, 0.15) is 45.2 Å². The summed E-state index contributed by atoms with van der Waals surface area (Å²) in [4.78, 5) is 24.6. The highest BCUT2D eigenvalue weighted by molar-refractivity contribution is 6.01. The summed E-state index contributed by atoms with van der Waals surface area (Å²) in [6.45, 7) is 1.49. The lowest BCUT2D eigenvalue weighted by Gasteiger charge is -2.14. The lowest BCUT2D eigenvalue weighted by Crippen LogP contribution is -2.25. The maximum Gasteiger partial charge on any atom is 0.341 e. The zero-order valence-corrected chi connectivity index (χ0v) is 14.2. The minimum absolute atomic E-state index is 0.227. The molecule has 2 aromatic carbocycles. The normalized spacial score (nSPS) is 13.9. The van der Waals surface area contributed by atoms with Crippen molar-refractivity contribution in [2.24, 2.45) is 0 Å². The Labute approximate surface area is 145 Å². The number of halogens is 1. The van der Waals surface area contributed by atoms with E-state index in [1.54, 1.807) is 6.07 Å². The van der Waals surface area contributed by atoms with Crippen LogP contribution in [0, 0.1) is 5.82 Å². The van der Waals surface area contributed by atoms with Gasteiger partial charge in [-0.2, -0.15) is 0 Å². The Morgan fingerprint density at radius 1 is 1.08 bits per heavy atom. The quantitative estimate of drug-likeness (QED) is 0.613. The van der Waals surface area contributed by atoms with E-state index in [2.05, 4.69) is 0 Å². The predicted octanol–water partition coefficient (Wildman–Crippen LogP) is 3.75. The van der Waals surface area contributed by atoms with Gasteiger partial charge >= 0.3 is 5.97 Å². The molecule has 4 nitrogen and oxygen atoms in total. The molecule has 2 aromatic rings. The van der Waals surface area contributed by atoms with E-state index in [0.717, 1.165) is 25.3 Å². The highest BCUT2D eigenvalue weighted by Crippen LogP contribution is 2.24. The Bertz CT molecular complexity index is 828. The molecule has 0 radical (unpaired) electrons. The Hall–Kier alpha value is -2.69. The molecule has 130 valence electrons. The number of Topliss-reactive ketones (excluding diaryl/α,β-unsaturated/α-hetero) is 1. The van der Waals surface area contributed by atoms with Gasteiger partial charge in [0.2, 0.25) is 5.78 Å². The van der Waals surface area contributed by atoms with Crippen LogP contribution in [0.2, 0.25) is 0 Å².